The van der Waals surface area contributed by atoms with E-state index in [1.807, 2.05) is 11.7 Å². The molecule has 0 spiro atoms. The van der Waals surface area contributed by atoms with Crippen molar-refractivity contribution in [2.24, 2.45) is 7.05 Å². The van der Waals surface area contributed by atoms with Gasteiger partial charge in [-0.1, -0.05) is 44.9 Å². The van der Waals surface area contributed by atoms with Crippen LogP contribution in [0.1, 0.15) is 51.3 Å². The van der Waals surface area contributed by atoms with Crippen LogP contribution in [0.4, 0.5) is 0 Å². The normalized spacial score (nSPS) is 13.0. The van der Waals surface area contributed by atoms with Gasteiger partial charge >= 0.3 is 0 Å². The number of nitrogens with one attached hydrogen (secondary N) is 1. The molecule has 1 heterocycles. The molecular formula is C16H25N3. The molecule has 0 fully saturated rings. The van der Waals surface area contributed by atoms with Gasteiger partial charge in [-0.2, -0.15) is 5.10 Å². The maximum Gasteiger partial charge on any atom is 0.0872 e. The van der Waals surface area contributed by atoms with Gasteiger partial charge in [0, 0.05) is 12.4 Å². The van der Waals surface area contributed by atoms with E-state index in [0.29, 0.717) is 6.04 Å². The van der Waals surface area contributed by atoms with Crippen LogP contribution in [0.25, 0.3) is 10.9 Å². The Bertz CT molecular complexity index is 508. The second-order valence-electron chi connectivity index (χ2n) is 5.17. The Morgan fingerprint density at radius 3 is 2.74 bits per heavy atom. The second kappa shape index (κ2) is 6.71. The van der Waals surface area contributed by atoms with E-state index in [4.69, 9.17) is 5.10 Å². The van der Waals surface area contributed by atoms with E-state index < -0.39 is 0 Å². The van der Waals surface area contributed by atoms with Gasteiger partial charge in [-0.05, 0) is 25.5 Å². The molecule has 3 heteroatoms. The van der Waals surface area contributed by atoms with Crippen LogP contribution in [0.2, 0.25) is 0 Å². The number of hydrogen-bond donors (Lipinski definition) is 1. The Kier molecular flexibility index (Phi) is 4.97. The van der Waals surface area contributed by atoms with Crippen molar-refractivity contribution in [3.63, 3.8) is 0 Å². The van der Waals surface area contributed by atoms with Gasteiger partial charge in [0.2, 0.25) is 0 Å². The molecule has 2 rings (SSSR count). The number of rotatable bonds is 7. The van der Waals surface area contributed by atoms with Gasteiger partial charge in [-0.25, -0.2) is 0 Å². The zero-order chi connectivity index (χ0) is 13.7. The van der Waals surface area contributed by atoms with E-state index in [2.05, 4.69) is 43.4 Å². The van der Waals surface area contributed by atoms with Crippen LogP contribution < -0.4 is 5.32 Å². The molecule has 0 aliphatic heterocycles. The van der Waals surface area contributed by atoms with Gasteiger partial charge in [0.1, 0.15) is 0 Å². The van der Waals surface area contributed by atoms with E-state index in [1.165, 1.54) is 29.4 Å². The molecule has 0 aliphatic carbocycles. The number of para-hydroxylation sites is 1. The van der Waals surface area contributed by atoms with Crippen LogP contribution in [-0.4, -0.2) is 16.3 Å². The molecule has 0 amide bonds. The zero-order valence-electron chi connectivity index (χ0n) is 12.3. The zero-order valence-corrected chi connectivity index (χ0v) is 12.3. The highest BCUT2D eigenvalue weighted by atomic mass is 15.3. The third-order valence-corrected chi connectivity index (χ3v) is 3.60. The highest BCUT2D eigenvalue weighted by Crippen LogP contribution is 2.26. The van der Waals surface area contributed by atoms with E-state index in [0.717, 1.165) is 19.4 Å². The summed E-state index contributed by atoms with van der Waals surface area (Å²) in [7, 11) is 2.03. The van der Waals surface area contributed by atoms with Crippen molar-refractivity contribution >= 4 is 10.9 Å². The molecule has 0 bridgehead atoms. The minimum absolute atomic E-state index is 0.381. The van der Waals surface area contributed by atoms with Gasteiger partial charge in [-0.3, -0.25) is 4.68 Å². The summed E-state index contributed by atoms with van der Waals surface area (Å²) in [5.41, 5.74) is 2.43. The molecule has 19 heavy (non-hydrogen) atoms. The van der Waals surface area contributed by atoms with Crippen molar-refractivity contribution in [3.05, 3.63) is 30.0 Å². The van der Waals surface area contributed by atoms with Crippen LogP contribution in [0.15, 0.2) is 24.3 Å². The second-order valence-corrected chi connectivity index (χ2v) is 5.17. The van der Waals surface area contributed by atoms with Crippen molar-refractivity contribution in [2.75, 3.05) is 6.54 Å². The third kappa shape index (κ3) is 3.16. The van der Waals surface area contributed by atoms with Crippen LogP contribution in [-0.2, 0) is 7.05 Å². The maximum atomic E-state index is 4.75. The number of fused-ring (bicyclic) bond motifs is 1. The summed E-state index contributed by atoms with van der Waals surface area (Å²) in [5.74, 6) is 0. The molecule has 104 valence electrons. The lowest BCUT2D eigenvalue weighted by atomic mass is 10.0. The first kappa shape index (κ1) is 14.1. The van der Waals surface area contributed by atoms with E-state index in [9.17, 15) is 0 Å². The average molecular weight is 259 g/mol. The fraction of sp³-hybridized carbons (Fsp3) is 0.562. The highest BCUT2D eigenvalue weighted by Gasteiger charge is 2.17. The van der Waals surface area contributed by atoms with Crippen LogP contribution in [0.5, 0.6) is 0 Å². The van der Waals surface area contributed by atoms with Gasteiger partial charge in [0.05, 0.1) is 17.3 Å². The summed E-state index contributed by atoms with van der Waals surface area (Å²) in [6, 6.07) is 8.89. The fourth-order valence-corrected chi connectivity index (χ4v) is 2.56. The molecule has 0 saturated carbocycles. The topological polar surface area (TPSA) is 29.9 Å². The van der Waals surface area contributed by atoms with Gasteiger partial charge in [0.25, 0.3) is 0 Å². The lowest BCUT2D eigenvalue weighted by molar-refractivity contribution is 0.469. The molecular weight excluding hydrogens is 234 g/mol. The molecule has 2 aromatic rings. The largest absolute Gasteiger partial charge is 0.309 e. The van der Waals surface area contributed by atoms with Crippen LogP contribution >= 0.6 is 0 Å². The highest BCUT2D eigenvalue weighted by molar-refractivity contribution is 5.82. The molecule has 1 N–H and O–H groups in total. The van der Waals surface area contributed by atoms with Gasteiger partial charge in [-0.15, -0.1) is 0 Å². The number of benzene rings is 1. The number of aryl methyl sites for hydroxylation is 1. The molecule has 1 atom stereocenters. The molecule has 1 aromatic heterocycles. The lowest BCUT2D eigenvalue weighted by Crippen LogP contribution is -2.22. The first-order valence-electron chi connectivity index (χ1n) is 7.43. The Morgan fingerprint density at radius 1 is 1.21 bits per heavy atom. The van der Waals surface area contributed by atoms with E-state index >= 15 is 0 Å². The smallest absolute Gasteiger partial charge is 0.0872 e. The molecule has 0 radical (unpaired) electrons. The summed E-state index contributed by atoms with van der Waals surface area (Å²) in [6.45, 7) is 5.51. The van der Waals surface area contributed by atoms with Gasteiger partial charge in [0.15, 0.2) is 0 Å². The SMILES string of the molecule is CCCCC(NCCC)c1nn(C)c2ccccc12. The van der Waals surface area contributed by atoms with Crippen molar-refractivity contribution in [1.82, 2.24) is 15.1 Å². The first-order chi connectivity index (χ1) is 9.27. The predicted molar refractivity (Wildman–Crippen MR) is 81.3 cm³/mol. The van der Waals surface area contributed by atoms with Gasteiger partial charge < -0.3 is 5.32 Å². The summed E-state index contributed by atoms with van der Waals surface area (Å²) >= 11 is 0. The maximum absolute atomic E-state index is 4.75. The summed E-state index contributed by atoms with van der Waals surface area (Å²) in [4.78, 5) is 0. The van der Waals surface area contributed by atoms with Crippen molar-refractivity contribution in [1.29, 1.82) is 0 Å². The Labute approximate surface area is 116 Å². The monoisotopic (exact) mass is 259 g/mol. The molecule has 1 unspecified atom stereocenters. The minimum Gasteiger partial charge on any atom is -0.309 e. The number of aromatic nitrogens is 2. The Balaban J connectivity index is 2.31. The third-order valence-electron chi connectivity index (χ3n) is 3.60. The predicted octanol–water partition coefficient (Wildman–Crippen LogP) is 3.80. The molecule has 0 saturated heterocycles. The van der Waals surface area contributed by atoms with Crippen molar-refractivity contribution < 1.29 is 0 Å². The van der Waals surface area contributed by atoms with Crippen molar-refractivity contribution in [2.45, 2.75) is 45.6 Å². The molecule has 0 aliphatic rings. The summed E-state index contributed by atoms with van der Waals surface area (Å²) < 4.78 is 2.00. The minimum atomic E-state index is 0.381. The fourth-order valence-electron chi connectivity index (χ4n) is 2.56. The summed E-state index contributed by atoms with van der Waals surface area (Å²) in [5, 5.41) is 9.69. The van der Waals surface area contributed by atoms with Crippen LogP contribution in [0.3, 0.4) is 0 Å². The van der Waals surface area contributed by atoms with E-state index in [-0.39, 0.29) is 0 Å². The number of unbranched alkanes of at least 4 members (excludes halogenated alkanes) is 1. The molecule has 3 nitrogen and oxygen atoms in total. The standard InChI is InChI=1S/C16H25N3/c1-4-6-10-14(17-12-5-2)16-13-9-7-8-11-15(13)19(3)18-16/h7-9,11,14,17H,4-6,10,12H2,1-3H3. The first-order valence-corrected chi connectivity index (χ1v) is 7.43. The number of hydrogen-bond acceptors (Lipinski definition) is 2. The van der Waals surface area contributed by atoms with E-state index in [1.54, 1.807) is 0 Å². The lowest BCUT2D eigenvalue weighted by Gasteiger charge is -2.16. The number of nitrogens with zero attached hydrogens (tertiary/aromatic N) is 2. The molecule has 1 aromatic carbocycles. The summed E-state index contributed by atoms with van der Waals surface area (Å²) in [6.07, 6.45) is 4.80. The average Bonchev–Trinajstić information content (AvgIpc) is 2.77. The quantitative estimate of drug-likeness (QED) is 0.819. The Hall–Kier alpha value is -1.35. The van der Waals surface area contributed by atoms with Crippen molar-refractivity contribution in [3.8, 4) is 0 Å². The Morgan fingerprint density at radius 2 is 2.00 bits per heavy atom. The van der Waals surface area contributed by atoms with Crippen LogP contribution in [0, 0.1) is 0 Å².